The number of fused-ring (bicyclic) bond motifs is 2. The molecule has 2 heteroatoms. The molecule has 0 N–H and O–H groups in total. The van der Waals surface area contributed by atoms with E-state index in [0.717, 1.165) is 0 Å². The van der Waals surface area contributed by atoms with Crippen molar-refractivity contribution in [1.29, 1.82) is 0 Å². The number of hydrogen-bond donors (Lipinski definition) is 0. The van der Waals surface area contributed by atoms with E-state index >= 15 is 0 Å². The summed E-state index contributed by atoms with van der Waals surface area (Å²) in [6, 6.07) is 17.9. The van der Waals surface area contributed by atoms with Gasteiger partial charge in [-0.2, -0.15) is 0 Å². The minimum atomic E-state index is -1.36. The summed E-state index contributed by atoms with van der Waals surface area (Å²) in [7, 11) is -1.36. The molecule has 2 aliphatic rings. The average Bonchev–Trinajstić information content (AvgIpc) is 3.12. The first kappa shape index (κ1) is 17.8. The van der Waals surface area contributed by atoms with Crippen molar-refractivity contribution in [3.63, 3.8) is 0 Å². The zero-order valence-corrected chi connectivity index (χ0v) is 18.1. The molecule has 24 heavy (non-hydrogen) atoms. The number of allylic oxidation sites excluding steroid dienone is 2. The molecule has 0 aromatic heterocycles. The van der Waals surface area contributed by atoms with Crippen LogP contribution in [0.15, 0.2) is 60.7 Å². The van der Waals surface area contributed by atoms with E-state index in [1.165, 1.54) is 22.3 Å². The van der Waals surface area contributed by atoms with Gasteiger partial charge in [0.2, 0.25) is 0 Å². The molecular formula is C22H24SiZr. The molecule has 2 aromatic carbocycles. The van der Waals surface area contributed by atoms with Crippen LogP contribution < -0.4 is 0 Å². The summed E-state index contributed by atoms with van der Waals surface area (Å²) < 4.78 is 0. The van der Waals surface area contributed by atoms with Crippen molar-refractivity contribution in [3.05, 3.63) is 82.9 Å². The topological polar surface area (TPSA) is 0 Å². The SMILES string of the molecule is C[Si](C)(C)C(C1C=Cc2ccccc21)C1C=Cc2ccccc21.[Zr]. The Morgan fingerprint density at radius 3 is 1.54 bits per heavy atom. The van der Waals surface area contributed by atoms with E-state index in [1.807, 2.05) is 0 Å². The molecule has 0 bridgehead atoms. The molecule has 0 heterocycles. The van der Waals surface area contributed by atoms with Gasteiger partial charge >= 0.3 is 0 Å². The molecule has 2 atom stereocenters. The van der Waals surface area contributed by atoms with Crippen molar-refractivity contribution < 1.29 is 26.2 Å². The minimum Gasteiger partial charge on any atom is -0.0764 e. The molecule has 2 unspecified atom stereocenters. The van der Waals surface area contributed by atoms with Crippen LogP contribution in [-0.2, 0) is 26.2 Å². The predicted octanol–water partition coefficient (Wildman–Crippen LogP) is 6.31. The summed E-state index contributed by atoms with van der Waals surface area (Å²) >= 11 is 0. The molecule has 0 fully saturated rings. The third kappa shape index (κ3) is 3.00. The summed E-state index contributed by atoms with van der Waals surface area (Å²) in [5.74, 6) is 1.11. The van der Waals surface area contributed by atoms with Gasteiger partial charge in [0.15, 0.2) is 0 Å². The molecule has 2 aromatic rings. The van der Waals surface area contributed by atoms with Crippen molar-refractivity contribution in [1.82, 2.24) is 0 Å². The smallest absolute Gasteiger partial charge is 0.0494 e. The fourth-order valence-corrected chi connectivity index (χ4v) is 7.22. The van der Waals surface area contributed by atoms with Gasteiger partial charge in [-0.05, 0) is 27.8 Å². The van der Waals surface area contributed by atoms with Crippen molar-refractivity contribution in [2.45, 2.75) is 37.0 Å². The van der Waals surface area contributed by atoms with Crippen LogP contribution in [0.5, 0.6) is 0 Å². The first-order valence-corrected chi connectivity index (χ1v) is 12.2. The zero-order valence-electron chi connectivity index (χ0n) is 14.7. The second-order valence-corrected chi connectivity index (χ2v) is 13.3. The zero-order chi connectivity index (χ0) is 16.0. The standard InChI is InChI=1S/C22H24Si.Zr/c1-23(2,3)22(20-14-12-16-8-4-6-10-18(16)20)21-15-13-17-9-5-7-11-19(17)21;/h4-15,20-22H,1-3H3;. The maximum Gasteiger partial charge on any atom is 0.0494 e. The van der Waals surface area contributed by atoms with Gasteiger partial charge in [-0.3, -0.25) is 0 Å². The third-order valence-corrected chi connectivity index (χ3v) is 8.17. The summed E-state index contributed by atoms with van der Waals surface area (Å²) in [5.41, 5.74) is 6.57. The van der Waals surface area contributed by atoms with Gasteiger partial charge < -0.3 is 0 Å². The molecule has 0 nitrogen and oxygen atoms in total. The fraction of sp³-hybridized carbons (Fsp3) is 0.273. The van der Waals surface area contributed by atoms with E-state index in [1.54, 1.807) is 0 Å². The minimum absolute atomic E-state index is 0. The first-order chi connectivity index (χ1) is 11.1. The molecule has 120 valence electrons. The summed E-state index contributed by atoms with van der Waals surface area (Å²) in [6.07, 6.45) is 9.58. The normalized spacial score (nSPS) is 22.0. The van der Waals surface area contributed by atoms with E-state index in [4.69, 9.17) is 0 Å². The van der Waals surface area contributed by atoms with Gasteiger partial charge in [0.05, 0.1) is 0 Å². The second kappa shape index (κ2) is 6.73. The Morgan fingerprint density at radius 2 is 1.12 bits per heavy atom. The number of rotatable bonds is 3. The van der Waals surface area contributed by atoms with E-state index in [-0.39, 0.29) is 26.2 Å². The fourth-order valence-electron chi connectivity index (χ4n) is 4.48. The Hall–Kier alpha value is -0.980. The monoisotopic (exact) mass is 406 g/mol. The summed E-state index contributed by atoms with van der Waals surface area (Å²) in [6.45, 7) is 7.59. The van der Waals surface area contributed by atoms with Crippen molar-refractivity contribution in [2.24, 2.45) is 0 Å². The van der Waals surface area contributed by atoms with E-state index < -0.39 is 8.07 Å². The van der Waals surface area contributed by atoms with Crippen LogP contribution in [0.3, 0.4) is 0 Å². The van der Waals surface area contributed by atoms with Crippen LogP contribution >= 0.6 is 0 Å². The van der Waals surface area contributed by atoms with Gasteiger partial charge in [-0.1, -0.05) is 92.5 Å². The second-order valence-electron chi connectivity index (χ2n) is 7.92. The van der Waals surface area contributed by atoms with Gasteiger partial charge in [0, 0.05) is 46.1 Å². The average molecular weight is 408 g/mol. The Bertz CT molecular complexity index is 736. The molecule has 0 radical (unpaired) electrons. The van der Waals surface area contributed by atoms with Crippen LogP contribution in [0.25, 0.3) is 12.2 Å². The van der Waals surface area contributed by atoms with Gasteiger partial charge in [-0.15, -0.1) is 0 Å². The molecule has 0 saturated heterocycles. The molecule has 4 rings (SSSR count). The molecule has 0 spiro atoms. The van der Waals surface area contributed by atoms with Gasteiger partial charge in [0.25, 0.3) is 0 Å². The first-order valence-electron chi connectivity index (χ1n) is 8.60. The number of benzene rings is 2. The number of hydrogen-bond acceptors (Lipinski definition) is 0. The Kier molecular flexibility index (Phi) is 5.00. The van der Waals surface area contributed by atoms with Crippen LogP contribution in [0.2, 0.25) is 25.2 Å². The van der Waals surface area contributed by atoms with Crippen LogP contribution in [0.4, 0.5) is 0 Å². The molecule has 2 aliphatic carbocycles. The van der Waals surface area contributed by atoms with Gasteiger partial charge in [-0.25, -0.2) is 0 Å². The molecule has 0 amide bonds. The van der Waals surface area contributed by atoms with E-state index in [9.17, 15) is 0 Å². The Labute approximate surface area is 165 Å². The van der Waals surface area contributed by atoms with E-state index in [2.05, 4.69) is 92.5 Å². The summed E-state index contributed by atoms with van der Waals surface area (Å²) in [5, 5.41) is 0. The van der Waals surface area contributed by atoms with Gasteiger partial charge in [0.1, 0.15) is 0 Å². The van der Waals surface area contributed by atoms with Crippen molar-refractivity contribution in [3.8, 4) is 0 Å². The third-order valence-electron chi connectivity index (χ3n) is 5.45. The Balaban J connectivity index is 0.00000169. The largest absolute Gasteiger partial charge is 0.0764 e. The van der Waals surface area contributed by atoms with Crippen LogP contribution in [-0.4, -0.2) is 8.07 Å². The quantitative estimate of drug-likeness (QED) is 0.523. The maximum atomic E-state index is 2.53. The van der Waals surface area contributed by atoms with Crippen molar-refractivity contribution in [2.75, 3.05) is 0 Å². The molecular weight excluding hydrogens is 384 g/mol. The molecule has 0 saturated carbocycles. The van der Waals surface area contributed by atoms with Crippen LogP contribution in [0.1, 0.15) is 34.1 Å². The summed E-state index contributed by atoms with van der Waals surface area (Å²) in [4.78, 5) is 0. The Morgan fingerprint density at radius 1 is 0.708 bits per heavy atom. The maximum absolute atomic E-state index is 2.53. The van der Waals surface area contributed by atoms with Crippen LogP contribution in [0, 0.1) is 0 Å². The van der Waals surface area contributed by atoms with E-state index in [0.29, 0.717) is 17.4 Å². The predicted molar refractivity (Wildman–Crippen MR) is 104 cm³/mol. The van der Waals surface area contributed by atoms with Crippen molar-refractivity contribution >= 4 is 20.2 Å². The molecule has 0 aliphatic heterocycles.